The molecule has 0 spiro atoms. The number of hydrogen-bond acceptors (Lipinski definition) is 3. The highest BCUT2D eigenvalue weighted by molar-refractivity contribution is 6.39. The van der Waals surface area contributed by atoms with Crippen LogP contribution in [-0.2, 0) is 9.59 Å². The summed E-state index contributed by atoms with van der Waals surface area (Å²) in [6.07, 6.45) is 3.55. The van der Waals surface area contributed by atoms with Gasteiger partial charge >= 0.3 is 0 Å². The van der Waals surface area contributed by atoms with E-state index in [2.05, 4.69) is 0 Å². The van der Waals surface area contributed by atoms with Gasteiger partial charge in [0.05, 0.1) is 33.3 Å². The van der Waals surface area contributed by atoms with E-state index in [0.29, 0.717) is 5.69 Å². The van der Waals surface area contributed by atoms with Crippen molar-refractivity contribution >= 4 is 46.4 Å². The van der Waals surface area contributed by atoms with Crippen LogP contribution in [-0.4, -0.2) is 11.8 Å². The van der Waals surface area contributed by atoms with Gasteiger partial charge in [-0.15, -0.1) is 0 Å². The molecule has 4 nitrogen and oxygen atoms in total. The van der Waals surface area contributed by atoms with E-state index in [1.807, 2.05) is 0 Å². The number of hydrogen-bond donors (Lipinski definition) is 1. The van der Waals surface area contributed by atoms with Gasteiger partial charge < -0.3 is 5.73 Å². The molecular formula is C14H14Cl2N2O2. The van der Waals surface area contributed by atoms with Crippen molar-refractivity contribution in [2.45, 2.75) is 25.7 Å². The second kappa shape index (κ2) is 4.93. The molecule has 20 heavy (non-hydrogen) atoms. The van der Waals surface area contributed by atoms with Gasteiger partial charge in [-0.2, -0.15) is 0 Å². The summed E-state index contributed by atoms with van der Waals surface area (Å²) in [5.74, 6) is -0.661. The molecule has 1 aliphatic carbocycles. The molecule has 0 radical (unpaired) electrons. The summed E-state index contributed by atoms with van der Waals surface area (Å²) >= 11 is 12.0. The minimum atomic E-state index is -0.189. The lowest BCUT2D eigenvalue weighted by atomic mass is 9.81. The number of rotatable bonds is 1. The Labute approximate surface area is 126 Å². The Morgan fingerprint density at radius 3 is 1.90 bits per heavy atom. The van der Waals surface area contributed by atoms with Gasteiger partial charge in [-0.1, -0.05) is 36.0 Å². The third kappa shape index (κ3) is 1.98. The van der Waals surface area contributed by atoms with E-state index in [1.165, 1.54) is 17.0 Å². The second-order valence-electron chi connectivity index (χ2n) is 5.33. The van der Waals surface area contributed by atoms with Crippen molar-refractivity contribution in [3.8, 4) is 0 Å². The molecule has 2 atom stereocenters. The molecule has 2 amide bonds. The van der Waals surface area contributed by atoms with Crippen molar-refractivity contribution in [3.05, 3.63) is 22.2 Å². The number of benzene rings is 1. The first kappa shape index (κ1) is 13.7. The molecule has 6 heteroatoms. The zero-order valence-electron chi connectivity index (χ0n) is 10.7. The van der Waals surface area contributed by atoms with Crippen LogP contribution in [0.25, 0.3) is 0 Å². The molecule has 1 aliphatic heterocycles. The smallest absolute Gasteiger partial charge is 0.237 e. The fourth-order valence-electron chi connectivity index (χ4n) is 3.12. The number of carbonyl (C=O) groups is 2. The van der Waals surface area contributed by atoms with Crippen molar-refractivity contribution < 1.29 is 9.59 Å². The summed E-state index contributed by atoms with van der Waals surface area (Å²) in [6.45, 7) is 0. The average molecular weight is 313 g/mol. The normalized spacial score (nSPS) is 26.0. The molecule has 0 aromatic heterocycles. The van der Waals surface area contributed by atoms with Gasteiger partial charge in [-0.25, -0.2) is 4.90 Å². The fraction of sp³-hybridized carbons (Fsp3) is 0.429. The number of carbonyl (C=O) groups excluding carboxylic acids is 2. The molecule has 1 aromatic rings. The number of imide groups is 1. The highest BCUT2D eigenvalue weighted by Crippen LogP contribution is 2.42. The van der Waals surface area contributed by atoms with Crippen molar-refractivity contribution in [1.29, 1.82) is 0 Å². The maximum atomic E-state index is 12.4. The zero-order chi connectivity index (χ0) is 14.4. The summed E-state index contributed by atoms with van der Waals surface area (Å²) in [7, 11) is 0. The molecule has 3 rings (SSSR count). The molecule has 2 fully saturated rings. The summed E-state index contributed by atoms with van der Waals surface area (Å²) in [4.78, 5) is 26.1. The summed E-state index contributed by atoms with van der Waals surface area (Å²) in [5, 5.41) is 0.506. The van der Waals surface area contributed by atoms with Crippen LogP contribution < -0.4 is 10.6 Å². The van der Waals surface area contributed by atoms with Gasteiger partial charge in [0.15, 0.2) is 0 Å². The van der Waals surface area contributed by atoms with Crippen molar-refractivity contribution in [2.24, 2.45) is 11.8 Å². The zero-order valence-corrected chi connectivity index (χ0v) is 12.2. The molecule has 1 aromatic carbocycles. The van der Waals surface area contributed by atoms with Crippen LogP contribution in [0.15, 0.2) is 12.1 Å². The number of amides is 2. The highest BCUT2D eigenvalue weighted by Gasteiger charge is 2.48. The first-order chi connectivity index (χ1) is 9.50. The number of halogens is 2. The Bertz CT molecular complexity index is 556. The number of nitrogens with zero attached hydrogens (tertiary/aromatic N) is 1. The topological polar surface area (TPSA) is 63.4 Å². The first-order valence-electron chi connectivity index (χ1n) is 6.63. The predicted molar refractivity (Wildman–Crippen MR) is 78.8 cm³/mol. The molecule has 0 unspecified atom stereocenters. The second-order valence-corrected chi connectivity index (χ2v) is 6.15. The summed E-state index contributed by atoms with van der Waals surface area (Å²) in [6, 6.07) is 3.05. The van der Waals surface area contributed by atoms with Crippen LogP contribution in [0.2, 0.25) is 10.0 Å². The number of anilines is 2. The van der Waals surface area contributed by atoms with Crippen LogP contribution in [0, 0.1) is 11.8 Å². The Hall–Kier alpha value is -1.26. The minimum absolute atomic E-state index is 0.142. The van der Waals surface area contributed by atoms with E-state index in [-0.39, 0.29) is 39.4 Å². The Kier molecular flexibility index (Phi) is 3.38. The van der Waals surface area contributed by atoms with Gasteiger partial charge in [0.1, 0.15) is 0 Å². The van der Waals surface area contributed by atoms with E-state index in [4.69, 9.17) is 28.9 Å². The van der Waals surface area contributed by atoms with Crippen LogP contribution in [0.4, 0.5) is 11.4 Å². The van der Waals surface area contributed by atoms with E-state index in [0.717, 1.165) is 25.7 Å². The average Bonchev–Trinajstić information content (AvgIpc) is 2.68. The minimum Gasteiger partial charge on any atom is -0.396 e. The van der Waals surface area contributed by atoms with E-state index in [1.54, 1.807) is 0 Å². The maximum Gasteiger partial charge on any atom is 0.237 e. The van der Waals surface area contributed by atoms with E-state index < -0.39 is 0 Å². The van der Waals surface area contributed by atoms with Gasteiger partial charge in [-0.05, 0) is 25.0 Å². The van der Waals surface area contributed by atoms with Crippen molar-refractivity contribution in [1.82, 2.24) is 0 Å². The molecular weight excluding hydrogens is 299 g/mol. The molecule has 1 heterocycles. The summed E-state index contributed by atoms with van der Waals surface area (Å²) in [5.41, 5.74) is 6.36. The number of fused-ring (bicyclic) bond motifs is 1. The van der Waals surface area contributed by atoms with Crippen LogP contribution in [0.3, 0.4) is 0 Å². The predicted octanol–water partition coefficient (Wildman–Crippen LogP) is 3.26. The SMILES string of the molecule is Nc1c(Cl)cc(N2C(=O)[C@H]3CCCC[C@H]3C2=O)cc1Cl. The molecule has 2 N–H and O–H groups in total. The lowest BCUT2D eigenvalue weighted by Gasteiger charge is -2.19. The van der Waals surface area contributed by atoms with Crippen LogP contribution in [0.5, 0.6) is 0 Å². The van der Waals surface area contributed by atoms with E-state index >= 15 is 0 Å². The Morgan fingerprint density at radius 1 is 1.00 bits per heavy atom. The number of nitrogens with two attached hydrogens (primary N) is 1. The van der Waals surface area contributed by atoms with Gasteiger partial charge in [0.2, 0.25) is 11.8 Å². The monoisotopic (exact) mass is 312 g/mol. The molecule has 2 aliphatic rings. The summed E-state index contributed by atoms with van der Waals surface area (Å²) < 4.78 is 0. The van der Waals surface area contributed by atoms with Crippen molar-refractivity contribution in [2.75, 3.05) is 10.6 Å². The molecule has 106 valence electrons. The third-order valence-corrected chi connectivity index (χ3v) is 4.79. The Morgan fingerprint density at radius 2 is 1.45 bits per heavy atom. The molecule has 1 saturated heterocycles. The standard InChI is InChI=1S/C14H14Cl2N2O2/c15-10-5-7(6-11(16)12(10)17)18-13(19)8-3-1-2-4-9(8)14(18)20/h5-6,8-9H,1-4,17H2/t8-,9+. The van der Waals surface area contributed by atoms with Crippen LogP contribution in [0.1, 0.15) is 25.7 Å². The first-order valence-corrected chi connectivity index (χ1v) is 7.38. The quantitative estimate of drug-likeness (QED) is 0.639. The largest absolute Gasteiger partial charge is 0.396 e. The molecule has 0 bridgehead atoms. The lowest BCUT2D eigenvalue weighted by molar-refractivity contribution is -0.122. The van der Waals surface area contributed by atoms with E-state index in [9.17, 15) is 9.59 Å². The maximum absolute atomic E-state index is 12.4. The molecule has 1 saturated carbocycles. The van der Waals surface area contributed by atoms with Gasteiger partial charge in [0, 0.05) is 0 Å². The highest BCUT2D eigenvalue weighted by atomic mass is 35.5. The number of nitrogen functional groups attached to an aromatic ring is 1. The van der Waals surface area contributed by atoms with Crippen molar-refractivity contribution in [3.63, 3.8) is 0 Å². The fourth-order valence-corrected chi connectivity index (χ4v) is 3.59. The lowest BCUT2D eigenvalue weighted by Crippen LogP contribution is -2.30. The van der Waals surface area contributed by atoms with Gasteiger partial charge in [-0.3, -0.25) is 9.59 Å². The Balaban J connectivity index is 2.02. The third-order valence-electron chi connectivity index (χ3n) is 4.16. The van der Waals surface area contributed by atoms with Crippen LogP contribution >= 0.6 is 23.2 Å². The van der Waals surface area contributed by atoms with Gasteiger partial charge in [0.25, 0.3) is 0 Å².